The number of nitrogens with zero attached hydrogens (tertiary/aromatic N) is 1. The number of halogens is 1. The number of hydrogen-bond donors (Lipinski definition) is 2. The zero-order valence-electron chi connectivity index (χ0n) is 11.1. The average Bonchev–Trinajstić information content (AvgIpc) is 2.84. The van der Waals surface area contributed by atoms with Crippen LogP contribution in [0.1, 0.15) is 15.9 Å². The molecule has 0 radical (unpaired) electrons. The summed E-state index contributed by atoms with van der Waals surface area (Å²) in [5.74, 6) is -1.37. The number of anilines is 2. The molecule has 6 heteroatoms. The van der Waals surface area contributed by atoms with Gasteiger partial charge in [0, 0.05) is 5.69 Å². The second kappa shape index (κ2) is 4.90. The molecule has 0 spiro atoms. The Hall–Kier alpha value is -2.89. The van der Waals surface area contributed by atoms with E-state index in [1.54, 1.807) is 25.1 Å². The fourth-order valence-corrected chi connectivity index (χ4v) is 1.91. The first kappa shape index (κ1) is 13.1. The molecule has 2 N–H and O–H groups in total. The van der Waals surface area contributed by atoms with Crippen molar-refractivity contribution >= 4 is 28.8 Å². The Balaban J connectivity index is 1.93. The predicted molar refractivity (Wildman–Crippen MR) is 75.4 cm³/mol. The summed E-state index contributed by atoms with van der Waals surface area (Å²) in [7, 11) is 0. The minimum atomic E-state index is -1.04. The molecule has 0 aliphatic rings. The fraction of sp³-hybridized carbons (Fsp3) is 0.0667. The number of oxazole rings is 1. The second-order valence-electron chi connectivity index (χ2n) is 4.60. The smallest absolute Gasteiger partial charge is 0.335 e. The summed E-state index contributed by atoms with van der Waals surface area (Å²) in [5.41, 5.74) is 2.04. The highest BCUT2D eigenvalue weighted by atomic mass is 19.1. The molecule has 3 aromatic rings. The van der Waals surface area contributed by atoms with Crippen molar-refractivity contribution in [2.75, 3.05) is 5.32 Å². The summed E-state index contributed by atoms with van der Waals surface area (Å²) < 4.78 is 18.9. The Morgan fingerprint density at radius 2 is 2.10 bits per heavy atom. The van der Waals surface area contributed by atoms with E-state index in [9.17, 15) is 9.18 Å². The van der Waals surface area contributed by atoms with Crippen LogP contribution in [0.2, 0.25) is 0 Å². The summed E-state index contributed by atoms with van der Waals surface area (Å²) in [5, 5.41) is 11.8. The minimum absolute atomic E-state index is 0.117. The maximum atomic E-state index is 13.5. The van der Waals surface area contributed by atoms with Gasteiger partial charge in [0.15, 0.2) is 5.58 Å². The van der Waals surface area contributed by atoms with E-state index >= 15 is 0 Å². The highest BCUT2D eigenvalue weighted by molar-refractivity contribution is 5.92. The van der Waals surface area contributed by atoms with Crippen LogP contribution in [0.25, 0.3) is 11.1 Å². The van der Waals surface area contributed by atoms with Crippen molar-refractivity contribution < 1.29 is 18.7 Å². The molecule has 1 heterocycles. The monoisotopic (exact) mass is 286 g/mol. The van der Waals surface area contributed by atoms with Gasteiger partial charge < -0.3 is 14.8 Å². The van der Waals surface area contributed by atoms with Gasteiger partial charge in [0.1, 0.15) is 11.3 Å². The van der Waals surface area contributed by atoms with Crippen LogP contribution in [0.3, 0.4) is 0 Å². The molecule has 0 unspecified atom stereocenters. The molecule has 0 atom stereocenters. The molecule has 0 saturated carbocycles. The summed E-state index contributed by atoms with van der Waals surface area (Å²) in [6.45, 7) is 1.67. The van der Waals surface area contributed by atoms with Gasteiger partial charge in [-0.05, 0) is 42.8 Å². The number of carbonyl (C=O) groups is 1. The summed E-state index contributed by atoms with van der Waals surface area (Å²) in [4.78, 5) is 15.1. The normalized spacial score (nSPS) is 10.8. The Morgan fingerprint density at radius 3 is 2.81 bits per heavy atom. The Bertz CT molecular complexity index is 842. The average molecular weight is 286 g/mol. The zero-order chi connectivity index (χ0) is 15.0. The van der Waals surface area contributed by atoms with E-state index in [1.165, 1.54) is 18.2 Å². The standard InChI is InChI=1S/C15H11FN2O3/c1-8-2-4-10(7-11(8)16)17-15-18-12-5-3-9(14(19)20)6-13(12)21-15/h2-7H,1H3,(H,17,18)(H,19,20). The lowest BCUT2D eigenvalue weighted by Gasteiger charge is -2.02. The lowest BCUT2D eigenvalue weighted by Crippen LogP contribution is -1.94. The molecular formula is C15H11FN2O3. The third kappa shape index (κ3) is 2.55. The van der Waals surface area contributed by atoms with Crippen molar-refractivity contribution in [2.45, 2.75) is 6.92 Å². The first-order valence-electron chi connectivity index (χ1n) is 6.20. The minimum Gasteiger partial charge on any atom is -0.478 e. The molecule has 0 amide bonds. The van der Waals surface area contributed by atoms with E-state index in [1.807, 2.05) is 0 Å². The van der Waals surface area contributed by atoms with E-state index < -0.39 is 5.97 Å². The number of rotatable bonds is 3. The molecule has 0 bridgehead atoms. The number of carboxylic acids is 1. The third-order valence-electron chi connectivity index (χ3n) is 3.06. The molecular weight excluding hydrogens is 275 g/mol. The molecule has 0 saturated heterocycles. The van der Waals surface area contributed by atoms with Gasteiger partial charge in [-0.3, -0.25) is 0 Å². The van der Waals surface area contributed by atoms with E-state index in [0.717, 1.165) is 0 Å². The number of fused-ring (bicyclic) bond motifs is 1. The topological polar surface area (TPSA) is 75.4 Å². The number of aryl methyl sites for hydroxylation is 1. The number of nitrogens with one attached hydrogen (secondary N) is 1. The lowest BCUT2D eigenvalue weighted by molar-refractivity contribution is 0.0697. The molecule has 3 rings (SSSR count). The Kier molecular flexibility index (Phi) is 3.06. The molecule has 5 nitrogen and oxygen atoms in total. The summed E-state index contributed by atoms with van der Waals surface area (Å²) in [6, 6.07) is 9.26. The van der Waals surface area contributed by atoms with Gasteiger partial charge in [-0.2, -0.15) is 4.98 Å². The fourth-order valence-electron chi connectivity index (χ4n) is 1.91. The van der Waals surface area contributed by atoms with Gasteiger partial charge in [0.2, 0.25) is 0 Å². The number of aromatic carboxylic acids is 1. The van der Waals surface area contributed by atoms with Crippen LogP contribution in [0.15, 0.2) is 40.8 Å². The Morgan fingerprint density at radius 1 is 1.29 bits per heavy atom. The van der Waals surface area contributed by atoms with Crippen molar-refractivity contribution in [3.8, 4) is 0 Å². The maximum Gasteiger partial charge on any atom is 0.335 e. The first-order chi connectivity index (χ1) is 10.0. The van der Waals surface area contributed by atoms with Gasteiger partial charge in [0.25, 0.3) is 6.01 Å². The van der Waals surface area contributed by atoms with Crippen molar-refractivity contribution in [3.63, 3.8) is 0 Å². The SMILES string of the molecule is Cc1ccc(Nc2nc3ccc(C(=O)O)cc3o2)cc1F. The molecule has 0 fully saturated rings. The van der Waals surface area contributed by atoms with Crippen molar-refractivity contribution in [1.29, 1.82) is 0 Å². The Labute approximate surface area is 119 Å². The van der Waals surface area contributed by atoms with Crippen LogP contribution in [0.4, 0.5) is 16.1 Å². The van der Waals surface area contributed by atoms with Crippen LogP contribution >= 0.6 is 0 Å². The molecule has 21 heavy (non-hydrogen) atoms. The zero-order valence-corrected chi connectivity index (χ0v) is 11.1. The van der Waals surface area contributed by atoms with E-state index in [4.69, 9.17) is 9.52 Å². The van der Waals surface area contributed by atoms with Gasteiger partial charge in [0.05, 0.1) is 5.56 Å². The largest absolute Gasteiger partial charge is 0.478 e. The molecule has 106 valence electrons. The summed E-state index contributed by atoms with van der Waals surface area (Å²) in [6.07, 6.45) is 0. The first-order valence-corrected chi connectivity index (χ1v) is 6.20. The quantitative estimate of drug-likeness (QED) is 0.767. The highest BCUT2D eigenvalue weighted by Gasteiger charge is 2.10. The molecule has 1 aromatic heterocycles. The van der Waals surface area contributed by atoms with Crippen molar-refractivity contribution in [2.24, 2.45) is 0 Å². The third-order valence-corrected chi connectivity index (χ3v) is 3.06. The molecule has 0 aliphatic carbocycles. The molecule has 0 aliphatic heterocycles. The molecule has 2 aromatic carbocycles. The number of carboxylic acid groups (broad SMARTS) is 1. The van der Waals surface area contributed by atoms with Gasteiger partial charge in [-0.1, -0.05) is 6.07 Å². The van der Waals surface area contributed by atoms with Crippen LogP contribution < -0.4 is 5.32 Å². The number of aromatic nitrogens is 1. The van der Waals surface area contributed by atoms with Gasteiger partial charge in [-0.15, -0.1) is 0 Å². The number of benzene rings is 2. The summed E-state index contributed by atoms with van der Waals surface area (Å²) >= 11 is 0. The van der Waals surface area contributed by atoms with Crippen LogP contribution in [-0.4, -0.2) is 16.1 Å². The van der Waals surface area contributed by atoms with E-state index in [2.05, 4.69) is 10.3 Å². The van der Waals surface area contributed by atoms with Gasteiger partial charge >= 0.3 is 5.97 Å². The number of hydrogen-bond acceptors (Lipinski definition) is 4. The van der Waals surface area contributed by atoms with E-state index in [-0.39, 0.29) is 17.4 Å². The second-order valence-corrected chi connectivity index (χ2v) is 4.60. The highest BCUT2D eigenvalue weighted by Crippen LogP contribution is 2.24. The van der Waals surface area contributed by atoms with E-state index in [0.29, 0.717) is 22.4 Å². The van der Waals surface area contributed by atoms with Crippen molar-refractivity contribution in [1.82, 2.24) is 4.98 Å². The van der Waals surface area contributed by atoms with Crippen LogP contribution in [0.5, 0.6) is 0 Å². The lowest BCUT2D eigenvalue weighted by atomic mass is 10.2. The maximum absolute atomic E-state index is 13.5. The predicted octanol–water partition coefficient (Wildman–Crippen LogP) is 3.72. The van der Waals surface area contributed by atoms with Crippen molar-refractivity contribution in [3.05, 3.63) is 53.3 Å². The van der Waals surface area contributed by atoms with Crippen LogP contribution in [0, 0.1) is 12.7 Å². The van der Waals surface area contributed by atoms with Crippen LogP contribution in [-0.2, 0) is 0 Å². The van der Waals surface area contributed by atoms with Gasteiger partial charge in [-0.25, -0.2) is 9.18 Å².